The Morgan fingerprint density at radius 1 is 1.30 bits per heavy atom. The van der Waals surface area contributed by atoms with Gasteiger partial charge in [-0.15, -0.1) is 24.8 Å². The van der Waals surface area contributed by atoms with E-state index in [0.29, 0.717) is 36.9 Å². The number of carbonyl (C=O) groups is 1. The number of urea groups is 1. The number of methoxy groups -OCH3 is 1. The van der Waals surface area contributed by atoms with Crippen LogP contribution in [0.1, 0.15) is 0 Å². The van der Waals surface area contributed by atoms with Crippen LogP contribution in [0.4, 0.5) is 10.5 Å². The van der Waals surface area contributed by atoms with E-state index in [9.17, 15) is 4.79 Å². The van der Waals surface area contributed by atoms with Crippen molar-refractivity contribution >= 4 is 36.5 Å². The van der Waals surface area contributed by atoms with E-state index in [2.05, 4.69) is 15.6 Å². The molecule has 148 valence electrons. The SMILES string of the molecule is COc1cccc(NC(=O)N2CCNCC2COc2cccnc2)c1.Cl.Cl. The number of amides is 2. The molecule has 0 spiro atoms. The van der Waals surface area contributed by atoms with Gasteiger partial charge >= 0.3 is 6.03 Å². The third kappa shape index (κ3) is 6.46. The van der Waals surface area contributed by atoms with Crippen LogP contribution in [0.5, 0.6) is 11.5 Å². The lowest BCUT2D eigenvalue weighted by atomic mass is 10.2. The Morgan fingerprint density at radius 3 is 2.85 bits per heavy atom. The summed E-state index contributed by atoms with van der Waals surface area (Å²) < 4.78 is 11.0. The highest BCUT2D eigenvalue weighted by Gasteiger charge is 2.27. The highest BCUT2D eigenvalue weighted by molar-refractivity contribution is 5.89. The van der Waals surface area contributed by atoms with Crippen molar-refractivity contribution in [2.24, 2.45) is 0 Å². The maximum absolute atomic E-state index is 12.7. The van der Waals surface area contributed by atoms with Crippen molar-refractivity contribution in [2.75, 3.05) is 38.7 Å². The van der Waals surface area contributed by atoms with Crippen LogP contribution in [-0.4, -0.2) is 55.3 Å². The molecule has 7 nitrogen and oxygen atoms in total. The van der Waals surface area contributed by atoms with E-state index < -0.39 is 0 Å². The first-order valence-corrected chi connectivity index (χ1v) is 8.21. The Morgan fingerprint density at radius 2 is 2.11 bits per heavy atom. The molecular formula is C18H24Cl2N4O3. The van der Waals surface area contributed by atoms with E-state index in [-0.39, 0.29) is 36.9 Å². The standard InChI is InChI=1S/C18H22N4O3.2ClH/c1-24-16-5-2-4-14(10-16)21-18(23)22-9-8-20-11-15(22)13-25-17-6-3-7-19-12-17;;/h2-7,10,12,15,20H,8-9,11,13H2,1H3,(H,21,23);2*1H. The first-order chi connectivity index (χ1) is 12.3. The number of rotatable bonds is 5. The highest BCUT2D eigenvalue weighted by Crippen LogP contribution is 2.18. The molecule has 3 rings (SSSR count). The summed E-state index contributed by atoms with van der Waals surface area (Å²) in [5.41, 5.74) is 0.704. The molecule has 0 radical (unpaired) electrons. The van der Waals surface area contributed by atoms with Crippen LogP contribution in [0.3, 0.4) is 0 Å². The predicted octanol–water partition coefficient (Wildman–Crippen LogP) is 2.82. The van der Waals surface area contributed by atoms with Gasteiger partial charge in [0.1, 0.15) is 18.1 Å². The van der Waals surface area contributed by atoms with Gasteiger partial charge in [-0.1, -0.05) is 6.07 Å². The number of hydrogen-bond donors (Lipinski definition) is 2. The topological polar surface area (TPSA) is 75.7 Å². The molecule has 9 heteroatoms. The van der Waals surface area contributed by atoms with Gasteiger partial charge in [-0.25, -0.2) is 4.79 Å². The van der Waals surface area contributed by atoms with Crippen molar-refractivity contribution in [3.8, 4) is 11.5 Å². The van der Waals surface area contributed by atoms with Gasteiger partial charge in [0.2, 0.25) is 0 Å². The molecule has 2 heterocycles. The molecule has 1 aliphatic heterocycles. The molecule has 2 aromatic rings. The zero-order valence-electron chi connectivity index (χ0n) is 15.0. The lowest BCUT2D eigenvalue weighted by Crippen LogP contribution is -2.57. The first-order valence-electron chi connectivity index (χ1n) is 8.21. The summed E-state index contributed by atoms with van der Waals surface area (Å²) in [6.07, 6.45) is 3.36. The van der Waals surface area contributed by atoms with E-state index in [1.165, 1.54) is 0 Å². The quantitative estimate of drug-likeness (QED) is 0.786. The largest absolute Gasteiger partial charge is 0.497 e. The van der Waals surface area contributed by atoms with Gasteiger partial charge in [-0.2, -0.15) is 0 Å². The van der Waals surface area contributed by atoms with Gasteiger partial charge in [0, 0.05) is 37.6 Å². The minimum atomic E-state index is -0.144. The van der Waals surface area contributed by atoms with E-state index in [4.69, 9.17) is 9.47 Å². The molecule has 1 aliphatic rings. The maximum atomic E-state index is 12.7. The van der Waals surface area contributed by atoms with Crippen LogP contribution in [0, 0.1) is 0 Å². The maximum Gasteiger partial charge on any atom is 0.322 e. The van der Waals surface area contributed by atoms with Crippen molar-refractivity contribution < 1.29 is 14.3 Å². The molecule has 1 aromatic carbocycles. The van der Waals surface area contributed by atoms with Crippen LogP contribution < -0.4 is 20.1 Å². The summed E-state index contributed by atoms with van der Waals surface area (Å²) in [5.74, 6) is 1.40. The molecule has 0 aliphatic carbocycles. The second-order valence-corrected chi connectivity index (χ2v) is 5.71. The Kier molecular flexibility index (Phi) is 9.71. The highest BCUT2D eigenvalue weighted by atomic mass is 35.5. The number of anilines is 1. The van der Waals surface area contributed by atoms with Gasteiger partial charge in [0.15, 0.2) is 0 Å². The van der Waals surface area contributed by atoms with Crippen molar-refractivity contribution in [1.29, 1.82) is 0 Å². The molecule has 1 unspecified atom stereocenters. The number of aromatic nitrogens is 1. The zero-order chi connectivity index (χ0) is 17.5. The molecule has 0 saturated carbocycles. The molecule has 1 fully saturated rings. The van der Waals surface area contributed by atoms with Crippen LogP contribution in [0.2, 0.25) is 0 Å². The van der Waals surface area contributed by atoms with Crippen LogP contribution in [0.15, 0.2) is 48.8 Å². The fourth-order valence-electron chi connectivity index (χ4n) is 2.70. The number of benzene rings is 1. The summed E-state index contributed by atoms with van der Waals surface area (Å²) in [4.78, 5) is 18.5. The number of piperazine rings is 1. The van der Waals surface area contributed by atoms with Gasteiger partial charge in [-0.05, 0) is 24.3 Å². The molecule has 27 heavy (non-hydrogen) atoms. The second kappa shape index (κ2) is 11.5. The van der Waals surface area contributed by atoms with Crippen molar-refractivity contribution in [3.63, 3.8) is 0 Å². The fraction of sp³-hybridized carbons (Fsp3) is 0.333. The van der Waals surface area contributed by atoms with Gasteiger partial charge in [0.05, 0.1) is 19.3 Å². The lowest BCUT2D eigenvalue weighted by molar-refractivity contribution is 0.133. The zero-order valence-corrected chi connectivity index (χ0v) is 16.6. The van der Waals surface area contributed by atoms with E-state index >= 15 is 0 Å². The number of nitrogens with zero attached hydrogens (tertiary/aromatic N) is 2. The van der Waals surface area contributed by atoms with E-state index in [0.717, 1.165) is 6.54 Å². The third-order valence-electron chi connectivity index (χ3n) is 4.01. The summed E-state index contributed by atoms with van der Waals surface area (Å²) in [5, 5.41) is 6.23. The number of carbonyl (C=O) groups excluding carboxylic acids is 1. The minimum Gasteiger partial charge on any atom is -0.497 e. The number of nitrogens with one attached hydrogen (secondary N) is 2. The smallest absolute Gasteiger partial charge is 0.322 e. The number of hydrogen-bond acceptors (Lipinski definition) is 5. The molecule has 2 amide bonds. The number of pyridine rings is 1. The van der Waals surface area contributed by atoms with Crippen LogP contribution in [0.25, 0.3) is 0 Å². The summed E-state index contributed by atoms with van der Waals surface area (Å²) in [7, 11) is 1.60. The Balaban J connectivity index is 0.00000182. The summed E-state index contributed by atoms with van der Waals surface area (Å²) >= 11 is 0. The third-order valence-corrected chi connectivity index (χ3v) is 4.01. The van der Waals surface area contributed by atoms with Crippen LogP contribution >= 0.6 is 24.8 Å². The first kappa shape index (κ1) is 22.8. The molecule has 1 saturated heterocycles. The average Bonchev–Trinajstić information content (AvgIpc) is 2.67. The van der Waals surface area contributed by atoms with Gasteiger partial charge in [0.25, 0.3) is 0 Å². The van der Waals surface area contributed by atoms with Crippen LogP contribution in [-0.2, 0) is 0 Å². The molecule has 1 aromatic heterocycles. The summed E-state index contributed by atoms with van der Waals surface area (Å²) in [6.45, 7) is 2.47. The van der Waals surface area contributed by atoms with E-state index in [1.54, 1.807) is 30.5 Å². The van der Waals surface area contributed by atoms with Gasteiger partial charge in [-0.3, -0.25) is 4.98 Å². The van der Waals surface area contributed by atoms with Crippen molar-refractivity contribution in [3.05, 3.63) is 48.8 Å². The molecular weight excluding hydrogens is 391 g/mol. The molecule has 2 N–H and O–H groups in total. The Labute approximate surface area is 171 Å². The van der Waals surface area contributed by atoms with Crippen molar-refractivity contribution in [1.82, 2.24) is 15.2 Å². The predicted molar refractivity (Wildman–Crippen MR) is 110 cm³/mol. The summed E-state index contributed by atoms with van der Waals surface area (Å²) in [6, 6.07) is 10.8. The number of halogens is 2. The normalized spacial score (nSPS) is 15.7. The van der Waals surface area contributed by atoms with E-state index in [1.807, 2.05) is 30.3 Å². The van der Waals surface area contributed by atoms with Crippen molar-refractivity contribution in [2.45, 2.75) is 6.04 Å². The van der Waals surface area contributed by atoms with Gasteiger partial charge < -0.3 is 25.0 Å². The monoisotopic (exact) mass is 414 g/mol. The Hall–Kier alpha value is -2.22. The lowest BCUT2D eigenvalue weighted by Gasteiger charge is -2.35. The minimum absolute atomic E-state index is 0. The molecule has 1 atom stereocenters. The Bertz CT molecular complexity index is 706. The second-order valence-electron chi connectivity index (χ2n) is 5.71. The number of ether oxygens (including phenoxy) is 2. The average molecular weight is 415 g/mol. The fourth-order valence-corrected chi connectivity index (χ4v) is 2.70. The molecule has 0 bridgehead atoms.